The molecule has 0 radical (unpaired) electrons. The van der Waals surface area contributed by atoms with Crippen LogP contribution in [-0.2, 0) is 25.7 Å². The van der Waals surface area contributed by atoms with Crippen LogP contribution in [0, 0.1) is 0 Å². The molecule has 0 fully saturated rings. The minimum atomic E-state index is -4.40. The van der Waals surface area contributed by atoms with Crippen LogP contribution >= 0.6 is 0 Å². The Morgan fingerprint density at radius 3 is 2.58 bits per heavy atom. The van der Waals surface area contributed by atoms with Crippen molar-refractivity contribution in [3.05, 3.63) is 30.1 Å². The quantitative estimate of drug-likeness (QED) is 0.658. The first-order valence-corrected chi connectivity index (χ1v) is 10.3. The number of fused-ring (bicyclic) bond motifs is 1. The Bertz CT molecular complexity index is 1060. The van der Waals surface area contributed by atoms with Crippen LogP contribution in [0.3, 0.4) is 0 Å². The van der Waals surface area contributed by atoms with Gasteiger partial charge in [0.2, 0.25) is 0 Å². The van der Waals surface area contributed by atoms with Gasteiger partial charge in [-0.2, -0.15) is 21.1 Å². The number of ether oxygens (including phenoxy) is 1. The minimum Gasteiger partial charge on any atom is -0.492 e. The van der Waals surface area contributed by atoms with Gasteiger partial charge in [0.05, 0.1) is 6.61 Å². The standard InChI is InChI=1S/C14H18N4O6S2/c1-14(2)8-23-12-6-5-10(7-11(12)14)24-25(19,20)13-15-9-18(16-13)26(21,22)17(3)4/h5-7,9H,8H2,1-4H3. The topological polar surface area (TPSA) is 121 Å². The SMILES string of the molecule is CN(C)S(=O)(=O)n1cnc(S(=O)(=O)Oc2ccc3c(c2)C(C)(C)CO3)n1. The molecule has 10 nitrogen and oxygen atoms in total. The van der Waals surface area contributed by atoms with Crippen LogP contribution < -0.4 is 8.92 Å². The third kappa shape index (κ3) is 3.15. The van der Waals surface area contributed by atoms with Crippen molar-refractivity contribution in [1.29, 1.82) is 0 Å². The summed E-state index contributed by atoms with van der Waals surface area (Å²) in [7, 11) is -5.80. The number of benzene rings is 1. The summed E-state index contributed by atoms with van der Waals surface area (Å²) in [5.41, 5.74) is 0.539. The van der Waals surface area contributed by atoms with Gasteiger partial charge in [-0.25, -0.2) is 4.98 Å². The average molecular weight is 402 g/mol. The van der Waals surface area contributed by atoms with E-state index in [1.54, 1.807) is 12.1 Å². The van der Waals surface area contributed by atoms with Crippen molar-refractivity contribution >= 4 is 20.3 Å². The fourth-order valence-electron chi connectivity index (χ4n) is 2.34. The van der Waals surface area contributed by atoms with Gasteiger partial charge in [0, 0.05) is 25.1 Å². The molecular weight excluding hydrogens is 384 g/mol. The van der Waals surface area contributed by atoms with Crippen LogP contribution in [0.15, 0.2) is 29.7 Å². The molecule has 3 rings (SSSR count). The molecule has 1 aromatic heterocycles. The van der Waals surface area contributed by atoms with E-state index in [1.807, 2.05) is 13.8 Å². The van der Waals surface area contributed by atoms with Gasteiger partial charge in [0.15, 0.2) is 0 Å². The lowest BCUT2D eigenvalue weighted by atomic mass is 9.87. The normalized spacial score (nSPS) is 16.3. The maximum atomic E-state index is 12.4. The highest BCUT2D eigenvalue weighted by molar-refractivity contribution is 7.87. The van der Waals surface area contributed by atoms with Gasteiger partial charge in [0.1, 0.15) is 17.8 Å². The molecule has 1 aliphatic heterocycles. The molecule has 0 saturated heterocycles. The summed E-state index contributed by atoms with van der Waals surface area (Å²) >= 11 is 0. The largest absolute Gasteiger partial charge is 0.492 e. The Morgan fingerprint density at radius 1 is 1.23 bits per heavy atom. The van der Waals surface area contributed by atoms with Gasteiger partial charge in [-0.1, -0.05) is 13.8 Å². The predicted molar refractivity (Wildman–Crippen MR) is 90.8 cm³/mol. The Hall–Kier alpha value is -2.18. The lowest BCUT2D eigenvalue weighted by molar-refractivity contribution is 0.291. The maximum Gasteiger partial charge on any atom is 0.377 e. The fourth-order valence-corrected chi connectivity index (χ4v) is 3.87. The minimum absolute atomic E-state index is 0.0640. The van der Waals surface area contributed by atoms with Crippen molar-refractivity contribution < 1.29 is 25.8 Å². The summed E-state index contributed by atoms with van der Waals surface area (Å²) < 4.78 is 60.6. The molecule has 26 heavy (non-hydrogen) atoms. The molecule has 0 bridgehead atoms. The molecule has 142 valence electrons. The number of hydrogen-bond donors (Lipinski definition) is 0. The van der Waals surface area contributed by atoms with E-state index in [1.165, 1.54) is 20.2 Å². The Kier molecular flexibility index (Phi) is 4.24. The molecule has 1 aromatic carbocycles. The van der Waals surface area contributed by atoms with E-state index in [-0.39, 0.29) is 11.2 Å². The second kappa shape index (κ2) is 5.93. The van der Waals surface area contributed by atoms with Gasteiger partial charge < -0.3 is 8.92 Å². The summed E-state index contributed by atoms with van der Waals surface area (Å²) in [5.74, 6) is 0.730. The monoisotopic (exact) mass is 402 g/mol. The van der Waals surface area contributed by atoms with Crippen LogP contribution in [0.1, 0.15) is 19.4 Å². The van der Waals surface area contributed by atoms with Crippen LogP contribution in [0.4, 0.5) is 0 Å². The molecule has 12 heteroatoms. The number of rotatable bonds is 5. The third-order valence-corrected chi connectivity index (χ3v) is 6.46. The molecule has 0 spiro atoms. The van der Waals surface area contributed by atoms with Gasteiger partial charge in [0.25, 0.3) is 0 Å². The van der Waals surface area contributed by atoms with Crippen molar-refractivity contribution in [1.82, 2.24) is 18.5 Å². The highest BCUT2D eigenvalue weighted by atomic mass is 32.2. The van der Waals surface area contributed by atoms with E-state index >= 15 is 0 Å². The first-order valence-electron chi connectivity index (χ1n) is 7.50. The summed E-state index contributed by atoms with van der Waals surface area (Å²) in [6, 6.07) is 4.65. The summed E-state index contributed by atoms with van der Waals surface area (Å²) in [5, 5.41) is 2.76. The van der Waals surface area contributed by atoms with E-state index in [9.17, 15) is 16.8 Å². The zero-order valence-corrected chi connectivity index (χ0v) is 16.2. The maximum absolute atomic E-state index is 12.4. The molecule has 0 aliphatic carbocycles. The van der Waals surface area contributed by atoms with Crippen LogP contribution in [0.5, 0.6) is 11.5 Å². The van der Waals surface area contributed by atoms with Gasteiger partial charge >= 0.3 is 25.5 Å². The number of nitrogens with zero attached hydrogens (tertiary/aromatic N) is 4. The Labute approximate surface area is 151 Å². The Morgan fingerprint density at radius 2 is 1.92 bits per heavy atom. The van der Waals surface area contributed by atoms with E-state index in [4.69, 9.17) is 8.92 Å². The molecule has 2 heterocycles. The highest BCUT2D eigenvalue weighted by Crippen LogP contribution is 2.40. The van der Waals surface area contributed by atoms with Crippen LogP contribution in [0.25, 0.3) is 0 Å². The number of aromatic nitrogens is 3. The summed E-state index contributed by atoms with van der Waals surface area (Å²) in [6.45, 7) is 4.41. The summed E-state index contributed by atoms with van der Waals surface area (Å²) in [4.78, 5) is 3.54. The molecule has 0 atom stereocenters. The first-order chi connectivity index (χ1) is 11.9. The van der Waals surface area contributed by atoms with Crippen molar-refractivity contribution in [2.75, 3.05) is 20.7 Å². The average Bonchev–Trinajstić information content (AvgIpc) is 3.14. The van der Waals surface area contributed by atoms with Gasteiger partial charge in [-0.15, -0.1) is 9.19 Å². The zero-order chi connectivity index (χ0) is 19.3. The second-order valence-corrected chi connectivity index (χ2v) is 10.00. The highest BCUT2D eigenvalue weighted by Gasteiger charge is 2.33. The van der Waals surface area contributed by atoms with Gasteiger partial charge in [-0.05, 0) is 18.2 Å². The number of hydrogen-bond acceptors (Lipinski definition) is 8. The summed E-state index contributed by atoms with van der Waals surface area (Å²) in [6.07, 6.45) is 0.797. The van der Waals surface area contributed by atoms with Crippen LogP contribution in [0.2, 0.25) is 0 Å². The Balaban J connectivity index is 1.91. The molecule has 0 saturated carbocycles. The molecule has 1 aliphatic rings. The molecule has 0 amide bonds. The van der Waals surface area contributed by atoms with E-state index < -0.39 is 25.5 Å². The van der Waals surface area contributed by atoms with Crippen molar-refractivity contribution in [2.24, 2.45) is 0 Å². The van der Waals surface area contributed by atoms with Crippen molar-refractivity contribution in [3.8, 4) is 11.5 Å². The van der Waals surface area contributed by atoms with Crippen molar-refractivity contribution in [2.45, 2.75) is 24.4 Å². The molecular formula is C14H18N4O6S2. The van der Waals surface area contributed by atoms with Gasteiger partial charge in [-0.3, -0.25) is 0 Å². The molecule has 0 N–H and O–H groups in total. The third-order valence-electron chi connectivity index (χ3n) is 3.85. The van der Waals surface area contributed by atoms with Crippen LogP contribution in [-0.4, -0.2) is 56.0 Å². The zero-order valence-electron chi connectivity index (χ0n) is 14.6. The fraction of sp³-hybridized carbons (Fsp3) is 0.429. The van der Waals surface area contributed by atoms with E-state index in [2.05, 4.69) is 10.1 Å². The van der Waals surface area contributed by atoms with E-state index in [0.29, 0.717) is 16.4 Å². The van der Waals surface area contributed by atoms with E-state index in [0.717, 1.165) is 16.2 Å². The lowest BCUT2D eigenvalue weighted by Crippen LogP contribution is -2.29. The smallest absolute Gasteiger partial charge is 0.377 e. The van der Waals surface area contributed by atoms with Crippen molar-refractivity contribution in [3.63, 3.8) is 0 Å². The molecule has 2 aromatic rings. The first kappa shape index (κ1) is 18.6. The lowest BCUT2D eigenvalue weighted by Gasteiger charge is -2.15. The molecule has 0 unspecified atom stereocenters. The predicted octanol–water partition coefficient (Wildman–Crippen LogP) is 0.370. The second-order valence-electron chi connectivity index (χ2n) is 6.56.